The zero-order chi connectivity index (χ0) is 10.9. The molecule has 0 bridgehead atoms. The summed E-state index contributed by atoms with van der Waals surface area (Å²) in [5.74, 6) is 0.578. The highest BCUT2D eigenvalue weighted by atomic mass is 16.5. The average Bonchev–Trinajstić information content (AvgIpc) is 2.84. The lowest BCUT2D eigenvalue weighted by Crippen LogP contribution is -2.41. The van der Waals surface area contributed by atoms with Gasteiger partial charge in [0.2, 0.25) is 0 Å². The zero-order valence-corrected chi connectivity index (χ0v) is 9.50. The van der Waals surface area contributed by atoms with Crippen molar-refractivity contribution < 1.29 is 9.53 Å². The molecule has 3 heteroatoms. The quantitative estimate of drug-likeness (QED) is 0.722. The monoisotopic (exact) mass is 211 g/mol. The fourth-order valence-electron chi connectivity index (χ4n) is 2.97. The van der Waals surface area contributed by atoms with Gasteiger partial charge in [0.1, 0.15) is 6.04 Å². The first-order chi connectivity index (χ1) is 7.18. The summed E-state index contributed by atoms with van der Waals surface area (Å²) in [5, 5.41) is 0. The first kappa shape index (κ1) is 10.9. The van der Waals surface area contributed by atoms with Gasteiger partial charge in [-0.15, -0.1) is 0 Å². The summed E-state index contributed by atoms with van der Waals surface area (Å²) in [4.78, 5) is 11.4. The van der Waals surface area contributed by atoms with Crippen LogP contribution in [-0.2, 0) is 9.53 Å². The number of methoxy groups -OCH3 is 1. The second-order valence-electron chi connectivity index (χ2n) is 5.22. The summed E-state index contributed by atoms with van der Waals surface area (Å²) in [6.45, 7) is 0. The fourth-order valence-corrected chi connectivity index (χ4v) is 2.97. The van der Waals surface area contributed by atoms with E-state index in [0.717, 1.165) is 25.2 Å². The summed E-state index contributed by atoms with van der Waals surface area (Å²) in [6.07, 6.45) is 8.73. The lowest BCUT2D eigenvalue weighted by Gasteiger charge is -2.24. The molecule has 0 saturated heterocycles. The van der Waals surface area contributed by atoms with E-state index in [0.29, 0.717) is 0 Å². The Labute approximate surface area is 91.4 Å². The lowest BCUT2D eigenvalue weighted by atomic mass is 9.85. The highest BCUT2D eigenvalue weighted by Gasteiger charge is 2.52. The third kappa shape index (κ3) is 2.17. The smallest absolute Gasteiger partial charge is 0.323 e. The Hall–Kier alpha value is -0.570. The second kappa shape index (κ2) is 4.12. The van der Waals surface area contributed by atoms with E-state index >= 15 is 0 Å². The van der Waals surface area contributed by atoms with E-state index in [4.69, 9.17) is 10.5 Å². The van der Waals surface area contributed by atoms with Crippen LogP contribution in [0.4, 0.5) is 0 Å². The first-order valence-corrected chi connectivity index (χ1v) is 6.01. The minimum Gasteiger partial charge on any atom is -0.468 e. The molecule has 86 valence electrons. The van der Waals surface area contributed by atoms with Crippen LogP contribution < -0.4 is 5.73 Å². The SMILES string of the molecule is COC(=O)C(N)C1(CC2CCCC2)CC1. The topological polar surface area (TPSA) is 52.3 Å². The number of esters is 1. The largest absolute Gasteiger partial charge is 0.468 e. The Morgan fingerprint density at radius 2 is 2.07 bits per heavy atom. The van der Waals surface area contributed by atoms with Gasteiger partial charge in [-0.25, -0.2) is 0 Å². The van der Waals surface area contributed by atoms with Gasteiger partial charge in [-0.3, -0.25) is 4.79 Å². The van der Waals surface area contributed by atoms with Crippen molar-refractivity contribution in [1.82, 2.24) is 0 Å². The molecule has 2 fully saturated rings. The molecule has 2 rings (SSSR count). The minimum absolute atomic E-state index is 0.0993. The molecule has 0 aromatic rings. The van der Waals surface area contributed by atoms with Crippen molar-refractivity contribution in [3.05, 3.63) is 0 Å². The number of carbonyl (C=O) groups excluding carboxylic acids is 1. The van der Waals surface area contributed by atoms with Crippen molar-refractivity contribution in [2.75, 3.05) is 7.11 Å². The standard InChI is InChI=1S/C12H21NO2/c1-15-11(14)10(13)12(6-7-12)8-9-4-2-3-5-9/h9-10H,2-8,13H2,1H3. The number of carbonyl (C=O) groups is 1. The predicted molar refractivity (Wildman–Crippen MR) is 58.2 cm³/mol. The molecule has 1 atom stereocenters. The van der Waals surface area contributed by atoms with Gasteiger partial charge in [-0.1, -0.05) is 25.7 Å². The molecule has 0 aromatic heterocycles. The molecular formula is C12H21NO2. The van der Waals surface area contributed by atoms with Crippen molar-refractivity contribution >= 4 is 5.97 Å². The summed E-state index contributed by atoms with van der Waals surface area (Å²) >= 11 is 0. The van der Waals surface area contributed by atoms with Crippen LogP contribution in [0.1, 0.15) is 44.9 Å². The van der Waals surface area contributed by atoms with Crippen molar-refractivity contribution in [3.63, 3.8) is 0 Å². The average molecular weight is 211 g/mol. The minimum atomic E-state index is -0.386. The van der Waals surface area contributed by atoms with Gasteiger partial charge in [-0.05, 0) is 30.6 Å². The molecule has 0 aromatic carbocycles. The van der Waals surface area contributed by atoms with Gasteiger partial charge in [-0.2, -0.15) is 0 Å². The van der Waals surface area contributed by atoms with Crippen molar-refractivity contribution in [2.24, 2.45) is 17.1 Å². The second-order valence-corrected chi connectivity index (χ2v) is 5.22. The Bertz CT molecular complexity index is 242. The zero-order valence-electron chi connectivity index (χ0n) is 9.50. The molecule has 0 radical (unpaired) electrons. The van der Waals surface area contributed by atoms with Crippen molar-refractivity contribution in [3.8, 4) is 0 Å². The van der Waals surface area contributed by atoms with E-state index in [1.165, 1.54) is 32.8 Å². The highest BCUT2D eigenvalue weighted by molar-refractivity contribution is 5.77. The molecule has 2 N–H and O–H groups in total. The van der Waals surface area contributed by atoms with Gasteiger partial charge < -0.3 is 10.5 Å². The maximum absolute atomic E-state index is 11.4. The Balaban J connectivity index is 1.91. The highest BCUT2D eigenvalue weighted by Crippen LogP contribution is 2.54. The van der Waals surface area contributed by atoms with Gasteiger partial charge in [0, 0.05) is 0 Å². The first-order valence-electron chi connectivity index (χ1n) is 6.01. The third-order valence-electron chi connectivity index (χ3n) is 4.18. The van der Waals surface area contributed by atoms with Gasteiger partial charge in [0.25, 0.3) is 0 Å². The Morgan fingerprint density at radius 3 is 2.53 bits per heavy atom. The van der Waals surface area contributed by atoms with Crippen LogP contribution in [0.25, 0.3) is 0 Å². The Kier molecular flexibility index (Phi) is 3.01. The van der Waals surface area contributed by atoms with Crippen molar-refractivity contribution in [2.45, 2.75) is 51.0 Å². The molecule has 15 heavy (non-hydrogen) atoms. The van der Waals surface area contributed by atoms with Crippen LogP contribution in [0.3, 0.4) is 0 Å². The summed E-state index contributed by atoms with van der Waals surface area (Å²) in [5.41, 5.74) is 6.07. The van der Waals surface area contributed by atoms with Crippen LogP contribution in [0.15, 0.2) is 0 Å². The number of rotatable bonds is 4. The molecular weight excluding hydrogens is 190 g/mol. The van der Waals surface area contributed by atoms with E-state index in [1.807, 2.05) is 0 Å². The van der Waals surface area contributed by atoms with E-state index in [1.54, 1.807) is 0 Å². The molecule has 0 spiro atoms. The van der Waals surface area contributed by atoms with E-state index in [9.17, 15) is 4.79 Å². The number of nitrogens with two attached hydrogens (primary N) is 1. The van der Waals surface area contributed by atoms with Gasteiger partial charge in [0.15, 0.2) is 0 Å². The van der Waals surface area contributed by atoms with Gasteiger partial charge >= 0.3 is 5.97 Å². The maximum atomic E-state index is 11.4. The van der Waals surface area contributed by atoms with E-state index in [-0.39, 0.29) is 17.4 Å². The van der Waals surface area contributed by atoms with Crippen LogP contribution >= 0.6 is 0 Å². The number of ether oxygens (including phenoxy) is 1. The fraction of sp³-hybridized carbons (Fsp3) is 0.917. The van der Waals surface area contributed by atoms with Crippen molar-refractivity contribution in [1.29, 1.82) is 0 Å². The Morgan fingerprint density at radius 1 is 1.47 bits per heavy atom. The third-order valence-corrected chi connectivity index (χ3v) is 4.18. The molecule has 0 aliphatic heterocycles. The predicted octanol–water partition coefficient (Wildman–Crippen LogP) is 1.85. The lowest BCUT2D eigenvalue weighted by molar-refractivity contribution is -0.144. The van der Waals surface area contributed by atoms with Crippen LogP contribution in [0.2, 0.25) is 0 Å². The van der Waals surface area contributed by atoms with Crippen LogP contribution in [0, 0.1) is 11.3 Å². The van der Waals surface area contributed by atoms with Gasteiger partial charge in [0.05, 0.1) is 7.11 Å². The molecule has 0 heterocycles. The normalized spacial score (nSPS) is 26.3. The number of hydrogen-bond acceptors (Lipinski definition) is 3. The molecule has 1 unspecified atom stereocenters. The summed E-state index contributed by atoms with van der Waals surface area (Å²) in [7, 11) is 1.42. The molecule has 2 aliphatic rings. The van der Waals surface area contributed by atoms with E-state index in [2.05, 4.69) is 0 Å². The number of hydrogen-bond donors (Lipinski definition) is 1. The molecule has 2 aliphatic carbocycles. The maximum Gasteiger partial charge on any atom is 0.323 e. The molecule has 3 nitrogen and oxygen atoms in total. The molecule has 2 saturated carbocycles. The summed E-state index contributed by atoms with van der Waals surface area (Å²) < 4.78 is 4.74. The summed E-state index contributed by atoms with van der Waals surface area (Å²) in [6, 6.07) is -0.386. The van der Waals surface area contributed by atoms with Crippen LogP contribution in [-0.4, -0.2) is 19.1 Å². The van der Waals surface area contributed by atoms with Crippen LogP contribution in [0.5, 0.6) is 0 Å². The molecule has 0 amide bonds. The van der Waals surface area contributed by atoms with E-state index < -0.39 is 0 Å².